The number of aliphatic hydroxyl groups is 1. The summed E-state index contributed by atoms with van der Waals surface area (Å²) in [5, 5.41) is 10.7. The zero-order chi connectivity index (χ0) is 11.7. The monoisotopic (exact) mass is 300 g/mol. The highest BCUT2D eigenvalue weighted by atomic mass is 79.9. The molecule has 0 saturated heterocycles. The molecule has 1 atom stereocenters. The van der Waals surface area contributed by atoms with Crippen LogP contribution in [0.25, 0.3) is 0 Å². The van der Waals surface area contributed by atoms with Crippen molar-refractivity contribution < 1.29 is 9.52 Å². The molecule has 1 N–H and O–H groups in total. The van der Waals surface area contributed by atoms with Crippen LogP contribution in [0.4, 0.5) is 0 Å². The van der Waals surface area contributed by atoms with E-state index in [1.807, 2.05) is 19.1 Å². The van der Waals surface area contributed by atoms with E-state index in [9.17, 15) is 5.11 Å². The van der Waals surface area contributed by atoms with Crippen molar-refractivity contribution >= 4 is 27.5 Å². The summed E-state index contributed by atoms with van der Waals surface area (Å²) >= 11 is 9.38. The number of rotatable bonds is 2. The van der Waals surface area contributed by atoms with Gasteiger partial charge in [-0.1, -0.05) is 23.7 Å². The van der Waals surface area contributed by atoms with Crippen molar-refractivity contribution in [3.05, 3.63) is 56.9 Å². The van der Waals surface area contributed by atoms with Crippen molar-refractivity contribution in [1.29, 1.82) is 0 Å². The molecule has 2 rings (SSSR count). The Labute approximate surface area is 107 Å². The Morgan fingerprint density at radius 2 is 2.12 bits per heavy atom. The average Bonchev–Trinajstić information content (AvgIpc) is 2.63. The Bertz CT molecular complexity index is 507. The minimum Gasteiger partial charge on any atom is -0.465 e. The van der Waals surface area contributed by atoms with Crippen molar-refractivity contribution in [2.75, 3.05) is 0 Å². The van der Waals surface area contributed by atoms with Gasteiger partial charge in [0.25, 0.3) is 0 Å². The molecule has 0 aliphatic heterocycles. The van der Waals surface area contributed by atoms with Crippen LogP contribution in [0.1, 0.15) is 23.0 Å². The summed E-state index contributed by atoms with van der Waals surface area (Å²) in [6.45, 7) is 1.95. The van der Waals surface area contributed by atoms with Crippen LogP contribution in [0.3, 0.4) is 0 Å². The molecular weight excluding hydrogens is 291 g/mol. The SMILES string of the molecule is Cc1ccc(C(O)c2occc2Br)c(Cl)c1. The molecule has 0 saturated carbocycles. The molecule has 0 aliphatic carbocycles. The lowest BCUT2D eigenvalue weighted by molar-refractivity contribution is 0.188. The molecule has 0 radical (unpaired) electrons. The predicted molar refractivity (Wildman–Crippen MR) is 66.7 cm³/mol. The van der Waals surface area contributed by atoms with E-state index in [0.717, 1.165) is 10.0 Å². The number of halogens is 2. The molecule has 1 heterocycles. The first-order chi connectivity index (χ1) is 7.59. The highest BCUT2D eigenvalue weighted by Crippen LogP contribution is 2.33. The number of benzene rings is 1. The molecule has 1 aromatic carbocycles. The zero-order valence-electron chi connectivity index (χ0n) is 8.58. The van der Waals surface area contributed by atoms with E-state index < -0.39 is 6.10 Å². The molecule has 4 heteroatoms. The van der Waals surface area contributed by atoms with Crippen molar-refractivity contribution in [2.45, 2.75) is 13.0 Å². The van der Waals surface area contributed by atoms with Gasteiger partial charge in [0, 0.05) is 10.6 Å². The molecule has 0 bridgehead atoms. The average molecular weight is 302 g/mol. The van der Waals surface area contributed by atoms with E-state index in [1.54, 1.807) is 12.1 Å². The van der Waals surface area contributed by atoms with E-state index in [0.29, 0.717) is 16.3 Å². The molecule has 84 valence electrons. The van der Waals surface area contributed by atoms with Crippen molar-refractivity contribution in [3.8, 4) is 0 Å². The molecule has 0 fully saturated rings. The lowest BCUT2D eigenvalue weighted by Gasteiger charge is -2.11. The van der Waals surface area contributed by atoms with Crippen molar-refractivity contribution in [2.24, 2.45) is 0 Å². The van der Waals surface area contributed by atoms with E-state index in [4.69, 9.17) is 16.0 Å². The van der Waals surface area contributed by atoms with Gasteiger partial charge in [0.15, 0.2) is 5.76 Å². The van der Waals surface area contributed by atoms with Crippen LogP contribution in [0.15, 0.2) is 39.4 Å². The van der Waals surface area contributed by atoms with Crippen LogP contribution in [0.2, 0.25) is 5.02 Å². The van der Waals surface area contributed by atoms with Crippen LogP contribution in [-0.4, -0.2) is 5.11 Å². The number of hydrogen-bond donors (Lipinski definition) is 1. The first-order valence-electron chi connectivity index (χ1n) is 4.76. The van der Waals surface area contributed by atoms with Gasteiger partial charge in [-0.25, -0.2) is 0 Å². The topological polar surface area (TPSA) is 33.4 Å². The largest absolute Gasteiger partial charge is 0.465 e. The predicted octanol–water partition coefficient (Wildman–Crippen LogP) is 4.09. The Morgan fingerprint density at radius 1 is 1.38 bits per heavy atom. The maximum absolute atomic E-state index is 10.1. The van der Waals surface area contributed by atoms with Crippen LogP contribution in [-0.2, 0) is 0 Å². The van der Waals surface area contributed by atoms with Gasteiger partial charge in [-0.05, 0) is 40.5 Å². The van der Waals surface area contributed by atoms with Gasteiger partial charge < -0.3 is 9.52 Å². The minimum atomic E-state index is -0.850. The molecule has 16 heavy (non-hydrogen) atoms. The Morgan fingerprint density at radius 3 is 2.69 bits per heavy atom. The van der Waals surface area contributed by atoms with E-state index in [-0.39, 0.29) is 0 Å². The number of aryl methyl sites for hydroxylation is 1. The van der Waals surface area contributed by atoms with Crippen molar-refractivity contribution in [3.63, 3.8) is 0 Å². The van der Waals surface area contributed by atoms with E-state index in [1.165, 1.54) is 6.26 Å². The summed E-state index contributed by atoms with van der Waals surface area (Å²) in [7, 11) is 0. The number of aliphatic hydroxyl groups excluding tert-OH is 1. The van der Waals surface area contributed by atoms with Gasteiger partial charge in [-0.3, -0.25) is 0 Å². The summed E-state index contributed by atoms with van der Waals surface area (Å²) in [6, 6.07) is 7.26. The van der Waals surface area contributed by atoms with E-state index >= 15 is 0 Å². The second-order valence-corrected chi connectivity index (χ2v) is 4.82. The zero-order valence-corrected chi connectivity index (χ0v) is 10.9. The number of hydrogen-bond acceptors (Lipinski definition) is 2. The third kappa shape index (κ3) is 2.17. The van der Waals surface area contributed by atoms with Gasteiger partial charge in [-0.15, -0.1) is 0 Å². The second-order valence-electron chi connectivity index (χ2n) is 3.56. The molecule has 0 spiro atoms. The fraction of sp³-hybridized carbons (Fsp3) is 0.167. The lowest BCUT2D eigenvalue weighted by Crippen LogP contribution is -2.00. The molecule has 1 aromatic heterocycles. The van der Waals surface area contributed by atoms with Gasteiger partial charge in [0.1, 0.15) is 6.10 Å². The van der Waals surface area contributed by atoms with Crippen LogP contribution >= 0.6 is 27.5 Å². The smallest absolute Gasteiger partial charge is 0.151 e. The fourth-order valence-electron chi connectivity index (χ4n) is 1.50. The summed E-state index contributed by atoms with van der Waals surface area (Å²) in [4.78, 5) is 0. The standard InChI is InChI=1S/C12H10BrClO2/c1-7-2-3-8(10(14)6-7)11(15)12-9(13)4-5-16-12/h2-6,11,15H,1H3. The second kappa shape index (κ2) is 4.62. The van der Waals surface area contributed by atoms with Gasteiger partial charge in [0.2, 0.25) is 0 Å². The molecule has 1 unspecified atom stereocenters. The Hall–Kier alpha value is -0.770. The summed E-state index contributed by atoms with van der Waals surface area (Å²) in [5.41, 5.74) is 1.70. The lowest BCUT2D eigenvalue weighted by atomic mass is 10.1. The minimum absolute atomic E-state index is 0.464. The highest BCUT2D eigenvalue weighted by Gasteiger charge is 2.19. The molecule has 2 nitrogen and oxygen atoms in total. The van der Waals surface area contributed by atoms with Gasteiger partial charge in [0.05, 0.1) is 10.7 Å². The normalized spacial score (nSPS) is 12.8. The summed E-state index contributed by atoms with van der Waals surface area (Å²) < 4.78 is 5.94. The quantitative estimate of drug-likeness (QED) is 0.906. The van der Waals surface area contributed by atoms with Crippen molar-refractivity contribution in [1.82, 2.24) is 0 Å². The van der Waals surface area contributed by atoms with Crippen LogP contribution in [0.5, 0.6) is 0 Å². The molecular formula is C12H10BrClO2. The maximum atomic E-state index is 10.1. The molecule has 0 amide bonds. The van der Waals surface area contributed by atoms with E-state index in [2.05, 4.69) is 15.9 Å². The van der Waals surface area contributed by atoms with Crippen LogP contribution < -0.4 is 0 Å². The first kappa shape index (κ1) is 11.7. The first-order valence-corrected chi connectivity index (χ1v) is 5.93. The molecule has 0 aliphatic rings. The van der Waals surface area contributed by atoms with Crippen LogP contribution in [0, 0.1) is 6.92 Å². The highest BCUT2D eigenvalue weighted by molar-refractivity contribution is 9.10. The van der Waals surface area contributed by atoms with Gasteiger partial charge in [-0.2, -0.15) is 0 Å². The third-order valence-corrected chi connectivity index (χ3v) is 3.33. The Balaban J connectivity index is 2.41. The number of furan rings is 1. The fourth-order valence-corrected chi connectivity index (χ4v) is 2.25. The summed E-state index contributed by atoms with van der Waals surface area (Å²) in [6.07, 6.45) is 0.669. The maximum Gasteiger partial charge on any atom is 0.151 e. The van der Waals surface area contributed by atoms with Gasteiger partial charge >= 0.3 is 0 Å². The third-order valence-electron chi connectivity index (χ3n) is 2.34. The molecule has 2 aromatic rings. The Kier molecular flexibility index (Phi) is 3.38. The summed E-state index contributed by atoms with van der Waals surface area (Å²) in [5.74, 6) is 0.464.